The van der Waals surface area contributed by atoms with Crippen LogP contribution in [0.5, 0.6) is 5.75 Å². The average Bonchev–Trinajstić information content (AvgIpc) is 2.26. The standard InChI is InChI=1S/C11H13F2NO3/c1-17-11-7(9(14)4-10(15)16)2-6(5-12)3-8(11)13/h2-3,9H,4-5,14H2,1H3,(H,15,16). The Bertz CT molecular complexity index is 423. The molecule has 0 aliphatic rings. The predicted molar refractivity (Wildman–Crippen MR) is 56.9 cm³/mol. The maximum absolute atomic E-state index is 13.5. The van der Waals surface area contributed by atoms with Gasteiger partial charge in [0.25, 0.3) is 0 Å². The number of rotatable bonds is 5. The van der Waals surface area contributed by atoms with Crippen molar-refractivity contribution >= 4 is 5.97 Å². The van der Waals surface area contributed by atoms with Crippen molar-refractivity contribution in [1.82, 2.24) is 0 Å². The number of ether oxygens (including phenoxy) is 1. The lowest BCUT2D eigenvalue weighted by Crippen LogP contribution is -2.16. The monoisotopic (exact) mass is 245 g/mol. The highest BCUT2D eigenvalue weighted by molar-refractivity contribution is 5.68. The van der Waals surface area contributed by atoms with Gasteiger partial charge in [-0.2, -0.15) is 0 Å². The molecule has 1 unspecified atom stereocenters. The highest BCUT2D eigenvalue weighted by atomic mass is 19.1. The molecule has 4 nitrogen and oxygen atoms in total. The Hall–Kier alpha value is -1.69. The van der Waals surface area contributed by atoms with E-state index in [1.165, 1.54) is 13.2 Å². The van der Waals surface area contributed by atoms with Gasteiger partial charge >= 0.3 is 5.97 Å². The average molecular weight is 245 g/mol. The van der Waals surface area contributed by atoms with Gasteiger partial charge in [0.15, 0.2) is 11.6 Å². The fraction of sp³-hybridized carbons (Fsp3) is 0.364. The molecule has 0 fully saturated rings. The van der Waals surface area contributed by atoms with E-state index in [4.69, 9.17) is 15.6 Å². The van der Waals surface area contributed by atoms with Crippen LogP contribution in [0.4, 0.5) is 8.78 Å². The summed E-state index contributed by atoms with van der Waals surface area (Å²) in [6, 6.07) is 1.37. The number of hydrogen-bond acceptors (Lipinski definition) is 3. The lowest BCUT2D eigenvalue weighted by molar-refractivity contribution is -0.137. The number of methoxy groups -OCH3 is 1. The number of carbonyl (C=O) groups is 1. The Morgan fingerprint density at radius 3 is 2.71 bits per heavy atom. The first-order chi connectivity index (χ1) is 7.99. The van der Waals surface area contributed by atoms with Crippen LogP contribution in [-0.2, 0) is 11.5 Å². The van der Waals surface area contributed by atoms with E-state index in [2.05, 4.69) is 0 Å². The van der Waals surface area contributed by atoms with Crippen LogP contribution in [0, 0.1) is 5.82 Å². The van der Waals surface area contributed by atoms with Gasteiger partial charge < -0.3 is 15.6 Å². The molecule has 0 heterocycles. The van der Waals surface area contributed by atoms with Crippen molar-refractivity contribution < 1.29 is 23.4 Å². The predicted octanol–water partition coefficient (Wildman–Crippen LogP) is 1.78. The fourth-order valence-electron chi connectivity index (χ4n) is 1.54. The molecule has 6 heteroatoms. The summed E-state index contributed by atoms with van der Waals surface area (Å²) in [6.07, 6.45) is -0.383. The topological polar surface area (TPSA) is 72.5 Å². The SMILES string of the molecule is COc1c(F)cc(CF)cc1C(N)CC(=O)O. The number of carboxylic acid groups (broad SMARTS) is 1. The second-order valence-electron chi connectivity index (χ2n) is 3.54. The van der Waals surface area contributed by atoms with E-state index in [1.807, 2.05) is 0 Å². The molecule has 0 aliphatic carbocycles. The Kier molecular flexibility index (Phi) is 4.39. The van der Waals surface area contributed by atoms with Crippen LogP contribution in [-0.4, -0.2) is 18.2 Å². The Morgan fingerprint density at radius 1 is 1.59 bits per heavy atom. The summed E-state index contributed by atoms with van der Waals surface area (Å²) < 4.78 is 30.8. The van der Waals surface area contributed by atoms with Crippen molar-refractivity contribution in [3.05, 3.63) is 29.1 Å². The molecule has 0 saturated carbocycles. The molecule has 94 valence electrons. The van der Waals surface area contributed by atoms with Crippen LogP contribution in [0.15, 0.2) is 12.1 Å². The Labute approximate surface area is 97.0 Å². The molecule has 17 heavy (non-hydrogen) atoms. The van der Waals surface area contributed by atoms with Crippen molar-refractivity contribution in [3.8, 4) is 5.75 Å². The number of alkyl halides is 1. The number of hydrogen-bond donors (Lipinski definition) is 2. The normalized spacial score (nSPS) is 12.2. The second-order valence-corrected chi connectivity index (χ2v) is 3.54. The molecule has 1 rings (SSSR count). The molecule has 0 spiro atoms. The van der Waals surface area contributed by atoms with Gasteiger partial charge in [-0.1, -0.05) is 0 Å². The largest absolute Gasteiger partial charge is 0.493 e. The highest BCUT2D eigenvalue weighted by Crippen LogP contribution is 2.30. The van der Waals surface area contributed by atoms with Crippen molar-refractivity contribution in [3.63, 3.8) is 0 Å². The number of carboxylic acids is 1. The maximum Gasteiger partial charge on any atom is 0.305 e. The molecule has 1 aromatic carbocycles. The van der Waals surface area contributed by atoms with E-state index in [1.54, 1.807) is 0 Å². The molecule has 0 bridgehead atoms. The van der Waals surface area contributed by atoms with Crippen molar-refractivity contribution in [2.75, 3.05) is 7.11 Å². The third-order valence-electron chi connectivity index (χ3n) is 2.28. The minimum atomic E-state index is -1.12. The molecule has 0 saturated heterocycles. The molecule has 0 radical (unpaired) electrons. The van der Waals surface area contributed by atoms with Gasteiger partial charge in [0.2, 0.25) is 0 Å². The first kappa shape index (κ1) is 13.4. The van der Waals surface area contributed by atoms with Gasteiger partial charge in [0.1, 0.15) is 6.67 Å². The van der Waals surface area contributed by atoms with Crippen LogP contribution in [0.3, 0.4) is 0 Å². The minimum Gasteiger partial charge on any atom is -0.493 e. The van der Waals surface area contributed by atoms with E-state index in [-0.39, 0.29) is 23.3 Å². The second kappa shape index (κ2) is 5.58. The number of benzene rings is 1. The van der Waals surface area contributed by atoms with Gasteiger partial charge in [-0.15, -0.1) is 0 Å². The summed E-state index contributed by atoms with van der Waals surface area (Å²) in [5.41, 5.74) is 5.87. The van der Waals surface area contributed by atoms with Crippen LogP contribution in [0.1, 0.15) is 23.6 Å². The van der Waals surface area contributed by atoms with Gasteiger partial charge in [0, 0.05) is 11.6 Å². The summed E-state index contributed by atoms with van der Waals surface area (Å²) in [5, 5.41) is 8.62. The van der Waals surface area contributed by atoms with Crippen molar-refractivity contribution in [2.24, 2.45) is 5.73 Å². The maximum atomic E-state index is 13.5. The molecule has 1 aromatic rings. The first-order valence-electron chi connectivity index (χ1n) is 4.89. The van der Waals surface area contributed by atoms with E-state index < -0.39 is 24.5 Å². The van der Waals surface area contributed by atoms with Crippen molar-refractivity contribution in [2.45, 2.75) is 19.1 Å². The van der Waals surface area contributed by atoms with Gasteiger partial charge in [-0.05, 0) is 17.7 Å². The zero-order valence-corrected chi connectivity index (χ0v) is 9.24. The number of nitrogens with two attached hydrogens (primary N) is 1. The lowest BCUT2D eigenvalue weighted by atomic mass is 10.0. The quantitative estimate of drug-likeness (QED) is 0.829. The number of halogens is 2. The smallest absolute Gasteiger partial charge is 0.305 e. The third-order valence-corrected chi connectivity index (χ3v) is 2.28. The van der Waals surface area contributed by atoms with E-state index in [0.29, 0.717) is 0 Å². The molecule has 0 aromatic heterocycles. The summed E-state index contributed by atoms with van der Waals surface area (Å²) in [7, 11) is 1.24. The van der Waals surface area contributed by atoms with Crippen LogP contribution >= 0.6 is 0 Å². The summed E-state index contributed by atoms with van der Waals surface area (Å²) in [4.78, 5) is 10.5. The van der Waals surface area contributed by atoms with Crippen LogP contribution in [0.2, 0.25) is 0 Å². The molecule has 0 amide bonds. The minimum absolute atomic E-state index is 0.0964. The zero-order chi connectivity index (χ0) is 13.0. The summed E-state index contributed by atoms with van der Waals surface area (Å²) in [5.74, 6) is -2.01. The van der Waals surface area contributed by atoms with Gasteiger partial charge in [0.05, 0.1) is 13.5 Å². The summed E-state index contributed by atoms with van der Waals surface area (Å²) >= 11 is 0. The molecule has 0 aliphatic heterocycles. The molecule has 3 N–H and O–H groups in total. The fourth-order valence-corrected chi connectivity index (χ4v) is 1.54. The number of aliphatic carboxylic acids is 1. The van der Waals surface area contributed by atoms with Gasteiger partial charge in [-0.3, -0.25) is 4.79 Å². The zero-order valence-electron chi connectivity index (χ0n) is 9.24. The van der Waals surface area contributed by atoms with E-state index in [0.717, 1.165) is 6.07 Å². The Balaban J connectivity index is 3.18. The summed E-state index contributed by atoms with van der Waals surface area (Å²) in [6.45, 7) is -0.853. The van der Waals surface area contributed by atoms with Crippen LogP contribution < -0.4 is 10.5 Å². The molecular formula is C11H13F2NO3. The third kappa shape index (κ3) is 3.13. The lowest BCUT2D eigenvalue weighted by Gasteiger charge is -2.15. The first-order valence-corrected chi connectivity index (χ1v) is 4.89. The molecule has 1 atom stereocenters. The van der Waals surface area contributed by atoms with Crippen molar-refractivity contribution in [1.29, 1.82) is 0 Å². The molecular weight excluding hydrogens is 232 g/mol. The van der Waals surface area contributed by atoms with E-state index in [9.17, 15) is 13.6 Å². The van der Waals surface area contributed by atoms with E-state index >= 15 is 0 Å². The van der Waals surface area contributed by atoms with Crippen LogP contribution in [0.25, 0.3) is 0 Å². The Morgan fingerprint density at radius 2 is 2.24 bits per heavy atom. The highest BCUT2D eigenvalue weighted by Gasteiger charge is 2.19. The van der Waals surface area contributed by atoms with Gasteiger partial charge in [-0.25, -0.2) is 8.78 Å².